The number of carbonyl (C=O) groups excluding carboxylic acids is 1. The third-order valence-electron chi connectivity index (χ3n) is 2.84. The van der Waals surface area contributed by atoms with Crippen molar-refractivity contribution >= 4 is 5.78 Å². The molecule has 1 aliphatic carbocycles. The van der Waals surface area contributed by atoms with Crippen LogP contribution in [0.15, 0.2) is 23.3 Å². The van der Waals surface area contributed by atoms with Crippen LogP contribution in [0.1, 0.15) is 34.1 Å². The Morgan fingerprint density at radius 2 is 2.07 bits per heavy atom. The molecule has 1 atom stereocenters. The summed E-state index contributed by atoms with van der Waals surface area (Å²) in [5, 5.41) is 9.56. The molecule has 1 aliphatic rings. The zero-order valence-corrected chi connectivity index (χ0v) is 9.29. The van der Waals surface area contributed by atoms with Crippen LogP contribution in [0.25, 0.3) is 0 Å². The summed E-state index contributed by atoms with van der Waals surface area (Å²) in [5.41, 5.74) is 1.64. The quantitative estimate of drug-likeness (QED) is 0.695. The highest BCUT2D eigenvalue weighted by atomic mass is 16.3. The predicted molar refractivity (Wildman–Crippen MR) is 56.9 cm³/mol. The van der Waals surface area contributed by atoms with Gasteiger partial charge in [0, 0.05) is 0 Å². The standard InChI is InChI=1S/C12H18O2/c1-5-6-9-8(2)11(14)10(13)7-12(9,3)4/h5-6,10,13H,7H2,1-4H3/b6-5-. The molecule has 1 unspecified atom stereocenters. The molecule has 2 nitrogen and oxygen atoms in total. The van der Waals surface area contributed by atoms with Gasteiger partial charge in [-0.2, -0.15) is 0 Å². The van der Waals surface area contributed by atoms with Crippen LogP contribution >= 0.6 is 0 Å². The second kappa shape index (κ2) is 3.70. The number of aliphatic hydroxyl groups is 1. The third-order valence-corrected chi connectivity index (χ3v) is 2.84. The minimum absolute atomic E-state index is 0.107. The Bertz CT molecular complexity index is 308. The van der Waals surface area contributed by atoms with Gasteiger partial charge in [-0.3, -0.25) is 4.79 Å². The predicted octanol–water partition coefficient (Wildman–Crippen LogP) is 2.24. The second-order valence-electron chi connectivity index (χ2n) is 4.51. The van der Waals surface area contributed by atoms with Crippen molar-refractivity contribution in [3.8, 4) is 0 Å². The van der Waals surface area contributed by atoms with Crippen molar-refractivity contribution in [3.05, 3.63) is 23.3 Å². The minimum atomic E-state index is -0.820. The average Bonchev–Trinajstić information content (AvgIpc) is 2.08. The van der Waals surface area contributed by atoms with E-state index in [1.165, 1.54) is 0 Å². The summed E-state index contributed by atoms with van der Waals surface area (Å²) >= 11 is 0. The number of Topliss-reactive ketones (excluding diaryl/α,β-unsaturated/α-hetero) is 1. The molecule has 0 saturated heterocycles. The normalized spacial score (nSPS) is 27.5. The molecule has 0 heterocycles. The number of carbonyl (C=O) groups is 1. The Kier molecular flexibility index (Phi) is 2.95. The molecule has 0 aromatic heterocycles. The Labute approximate surface area is 85.3 Å². The highest BCUT2D eigenvalue weighted by Gasteiger charge is 2.36. The SMILES string of the molecule is C/C=C\C1=C(C)C(=O)C(O)CC1(C)C. The average molecular weight is 194 g/mol. The van der Waals surface area contributed by atoms with E-state index >= 15 is 0 Å². The molecule has 0 bridgehead atoms. The van der Waals surface area contributed by atoms with E-state index < -0.39 is 6.10 Å². The molecule has 0 amide bonds. The monoisotopic (exact) mass is 194 g/mol. The molecule has 0 aliphatic heterocycles. The molecule has 2 heteroatoms. The number of rotatable bonds is 1. The maximum Gasteiger partial charge on any atom is 0.187 e. The zero-order valence-electron chi connectivity index (χ0n) is 9.29. The highest BCUT2D eigenvalue weighted by Crippen LogP contribution is 2.39. The largest absolute Gasteiger partial charge is 0.385 e. The van der Waals surface area contributed by atoms with Crippen molar-refractivity contribution in [1.29, 1.82) is 0 Å². The van der Waals surface area contributed by atoms with Crippen LogP contribution in [-0.2, 0) is 4.79 Å². The lowest BCUT2D eigenvalue weighted by atomic mass is 9.71. The Hall–Kier alpha value is -0.890. The van der Waals surface area contributed by atoms with Crippen LogP contribution in [0.4, 0.5) is 0 Å². The van der Waals surface area contributed by atoms with Crippen molar-refractivity contribution in [3.63, 3.8) is 0 Å². The first-order valence-corrected chi connectivity index (χ1v) is 4.96. The molecule has 0 radical (unpaired) electrons. The first-order valence-electron chi connectivity index (χ1n) is 4.96. The van der Waals surface area contributed by atoms with Crippen molar-refractivity contribution in [2.75, 3.05) is 0 Å². The number of allylic oxidation sites excluding steroid dienone is 3. The number of hydrogen-bond acceptors (Lipinski definition) is 2. The van der Waals surface area contributed by atoms with Gasteiger partial charge in [-0.1, -0.05) is 26.0 Å². The maximum atomic E-state index is 11.6. The van der Waals surface area contributed by atoms with Gasteiger partial charge in [0.05, 0.1) is 0 Å². The van der Waals surface area contributed by atoms with Gasteiger partial charge < -0.3 is 5.11 Å². The van der Waals surface area contributed by atoms with Crippen LogP contribution in [-0.4, -0.2) is 17.0 Å². The lowest BCUT2D eigenvalue weighted by Gasteiger charge is -2.34. The van der Waals surface area contributed by atoms with Crippen molar-refractivity contribution < 1.29 is 9.90 Å². The lowest BCUT2D eigenvalue weighted by Crippen LogP contribution is -2.35. The van der Waals surface area contributed by atoms with Crippen LogP contribution in [0.3, 0.4) is 0 Å². The van der Waals surface area contributed by atoms with Crippen molar-refractivity contribution in [2.24, 2.45) is 5.41 Å². The van der Waals surface area contributed by atoms with E-state index in [0.29, 0.717) is 12.0 Å². The number of hydrogen-bond donors (Lipinski definition) is 1. The Morgan fingerprint density at radius 1 is 1.50 bits per heavy atom. The summed E-state index contributed by atoms with van der Waals surface area (Å²) < 4.78 is 0. The lowest BCUT2D eigenvalue weighted by molar-refractivity contribution is -0.125. The molecule has 1 rings (SSSR count). The Morgan fingerprint density at radius 3 is 2.57 bits per heavy atom. The van der Waals surface area contributed by atoms with Crippen molar-refractivity contribution in [2.45, 2.75) is 40.2 Å². The molecule has 0 saturated carbocycles. The summed E-state index contributed by atoms with van der Waals surface area (Å²) in [5.74, 6) is -0.127. The fourth-order valence-electron chi connectivity index (χ4n) is 2.09. The summed E-state index contributed by atoms with van der Waals surface area (Å²) in [4.78, 5) is 11.6. The van der Waals surface area contributed by atoms with Gasteiger partial charge >= 0.3 is 0 Å². The van der Waals surface area contributed by atoms with E-state index in [1.54, 1.807) is 6.92 Å². The van der Waals surface area contributed by atoms with Crippen LogP contribution in [0.2, 0.25) is 0 Å². The van der Waals surface area contributed by atoms with Crippen LogP contribution < -0.4 is 0 Å². The smallest absolute Gasteiger partial charge is 0.187 e. The molecule has 0 spiro atoms. The van der Waals surface area contributed by atoms with Crippen LogP contribution in [0.5, 0.6) is 0 Å². The topological polar surface area (TPSA) is 37.3 Å². The molecule has 0 fully saturated rings. The summed E-state index contributed by atoms with van der Waals surface area (Å²) in [6, 6.07) is 0. The fourth-order valence-corrected chi connectivity index (χ4v) is 2.09. The first kappa shape index (κ1) is 11.2. The van der Waals surface area contributed by atoms with Gasteiger partial charge in [0.2, 0.25) is 0 Å². The van der Waals surface area contributed by atoms with Gasteiger partial charge in [-0.25, -0.2) is 0 Å². The van der Waals surface area contributed by atoms with E-state index in [2.05, 4.69) is 13.8 Å². The number of ketones is 1. The van der Waals surface area contributed by atoms with Gasteiger partial charge in [0.25, 0.3) is 0 Å². The maximum absolute atomic E-state index is 11.6. The van der Waals surface area contributed by atoms with Gasteiger partial charge in [0.15, 0.2) is 5.78 Å². The highest BCUT2D eigenvalue weighted by molar-refractivity contribution is 6.00. The van der Waals surface area contributed by atoms with E-state index in [4.69, 9.17) is 0 Å². The molecule has 0 aromatic carbocycles. The third kappa shape index (κ3) is 1.80. The molecular weight excluding hydrogens is 176 g/mol. The first-order chi connectivity index (χ1) is 6.40. The second-order valence-corrected chi connectivity index (χ2v) is 4.51. The fraction of sp³-hybridized carbons (Fsp3) is 0.583. The van der Waals surface area contributed by atoms with Gasteiger partial charge in [-0.15, -0.1) is 0 Å². The molecule has 1 N–H and O–H groups in total. The van der Waals surface area contributed by atoms with E-state index in [0.717, 1.165) is 5.57 Å². The summed E-state index contributed by atoms with van der Waals surface area (Å²) in [6.07, 6.45) is 3.60. The number of aliphatic hydroxyl groups excluding tert-OH is 1. The van der Waals surface area contributed by atoms with Crippen LogP contribution in [0, 0.1) is 5.41 Å². The Balaban J connectivity index is 3.23. The van der Waals surface area contributed by atoms with E-state index in [-0.39, 0.29) is 11.2 Å². The van der Waals surface area contributed by atoms with Crippen molar-refractivity contribution in [1.82, 2.24) is 0 Å². The molecule has 78 valence electrons. The molecule has 14 heavy (non-hydrogen) atoms. The van der Waals surface area contributed by atoms with Gasteiger partial charge in [0.1, 0.15) is 6.10 Å². The minimum Gasteiger partial charge on any atom is -0.385 e. The summed E-state index contributed by atoms with van der Waals surface area (Å²) in [6.45, 7) is 7.84. The molecule has 0 aromatic rings. The molecular formula is C12H18O2. The zero-order chi connectivity index (χ0) is 10.9. The summed E-state index contributed by atoms with van der Waals surface area (Å²) in [7, 11) is 0. The van der Waals surface area contributed by atoms with E-state index in [9.17, 15) is 9.90 Å². The van der Waals surface area contributed by atoms with E-state index in [1.807, 2.05) is 19.1 Å². The van der Waals surface area contributed by atoms with Gasteiger partial charge in [-0.05, 0) is 36.8 Å².